The molecule has 0 aromatic heterocycles. The lowest BCUT2D eigenvalue weighted by atomic mass is 9.76. The highest BCUT2D eigenvalue weighted by atomic mass is 19.1. The molecule has 6 nitrogen and oxygen atoms in total. The topological polar surface area (TPSA) is 78.5 Å². The van der Waals surface area contributed by atoms with Crippen LogP contribution in [0.4, 0.5) is 10.1 Å². The van der Waals surface area contributed by atoms with Gasteiger partial charge in [0.25, 0.3) is 0 Å². The van der Waals surface area contributed by atoms with Gasteiger partial charge in [0, 0.05) is 23.8 Å². The normalized spacial score (nSPS) is 31.1. The molecule has 1 spiro atoms. The summed E-state index contributed by atoms with van der Waals surface area (Å²) in [5, 5.41) is 6.11. The van der Waals surface area contributed by atoms with Crippen molar-refractivity contribution in [2.45, 2.75) is 51.6 Å². The lowest BCUT2D eigenvalue weighted by Gasteiger charge is -2.29. The SMILES string of the molecule is CCCCN1C(=O)[C@@H]2[C@H](CC(C)C)N[C@@]3(C(=O)Nc4ccc(F)cc43)[C@@H]2C1=O. The van der Waals surface area contributed by atoms with Crippen LogP contribution in [0.25, 0.3) is 0 Å². The van der Waals surface area contributed by atoms with Gasteiger partial charge in [0.15, 0.2) is 0 Å². The van der Waals surface area contributed by atoms with Crippen molar-refractivity contribution < 1.29 is 18.8 Å². The minimum atomic E-state index is -1.39. The van der Waals surface area contributed by atoms with Gasteiger partial charge in [-0.05, 0) is 37.0 Å². The molecule has 3 heterocycles. The van der Waals surface area contributed by atoms with Crippen LogP contribution in [0, 0.1) is 23.6 Å². The number of carbonyl (C=O) groups excluding carboxylic acids is 3. The predicted molar refractivity (Wildman–Crippen MR) is 102 cm³/mol. The molecule has 0 aliphatic carbocycles. The Morgan fingerprint density at radius 3 is 2.64 bits per heavy atom. The minimum Gasteiger partial charge on any atom is -0.324 e. The number of hydrogen-bond acceptors (Lipinski definition) is 4. The van der Waals surface area contributed by atoms with Crippen LogP contribution in [0.3, 0.4) is 0 Å². The Labute approximate surface area is 163 Å². The van der Waals surface area contributed by atoms with E-state index in [0.717, 1.165) is 12.8 Å². The van der Waals surface area contributed by atoms with Crippen LogP contribution < -0.4 is 10.6 Å². The van der Waals surface area contributed by atoms with Crippen LogP contribution in [0.1, 0.15) is 45.6 Å². The smallest absolute Gasteiger partial charge is 0.250 e. The molecule has 0 unspecified atom stereocenters. The molecule has 0 saturated carbocycles. The van der Waals surface area contributed by atoms with Gasteiger partial charge in [-0.1, -0.05) is 27.2 Å². The number of anilines is 1. The molecule has 2 fully saturated rings. The van der Waals surface area contributed by atoms with E-state index in [4.69, 9.17) is 0 Å². The Balaban J connectivity index is 1.84. The van der Waals surface area contributed by atoms with Crippen molar-refractivity contribution in [1.82, 2.24) is 10.2 Å². The van der Waals surface area contributed by atoms with E-state index in [2.05, 4.69) is 10.6 Å². The van der Waals surface area contributed by atoms with Gasteiger partial charge >= 0.3 is 0 Å². The quantitative estimate of drug-likeness (QED) is 0.761. The van der Waals surface area contributed by atoms with Crippen molar-refractivity contribution >= 4 is 23.4 Å². The summed E-state index contributed by atoms with van der Waals surface area (Å²) in [6.07, 6.45) is 2.24. The van der Waals surface area contributed by atoms with E-state index >= 15 is 0 Å². The van der Waals surface area contributed by atoms with Crippen molar-refractivity contribution in [2.24, 2.45) is 17.8 Å². The molecule has 2 N–H and O–H groups in total. The number of benzene rings is 1. The third-order valence-corrected chi connectivity index (χ3v) is 6.23. The fourth-order valence-electron chi connectivity index (χ4n) is 5.08. The number of carbonyl (C=O) groups is 3. The molecule has 1 aromatic carbocycles. The first-order valence-corrected chi connectivity index (χ1v) is 10.1. The van der Waals surface area contributed by atoms with E-state index in [1.165, 1.54) is 23.1 Å². The van der Waals surface area contributed by atoms with Gasteiger partial charge in [0.1, 0.15) is 11.4 Å². The summed E-state index contributed by atoms with van der Waals surface area (Å²) in [6, 6.07) is 3.79. The van der Waals surface area contributed by atoms with E-state index in [-0.39, 0.29) is 29.7 Å². The Kier molecular flexibility index (Phi) is 4.53. The van der Waals surface area contributed by atoms with Gasteiger partial charge in [-0.25, -0.2) is 4.39 Å². The average Bonchev–Trinajstić information content (AvgIpc) is 3.19. The van der Waals surface area contributed by atoms with Crippen molar-refractivity contribution in [3.05, 3.63) is 29.6 Å². The molecule has 28 heavy (non-hydrogen) atoms. The summed E-state index contributed by atoms with van der Waals surface area (Å²) in [5.41, 5.74) is -0.470. The van der Waals surface area contributed by atoms with Crippen molar-refractivity contribution in [2.75, 3.05) is 11.9 Å². The molecule has 4 atom stereocenters. The highest BCUT2D eigenvalue weighted by Gasteiger charge is 2.70. The van der Waals surface area contributed by atoms with Gasteiger partial charge in [-0.3, -0.25) is 24.6 Å². The molecule has 2 saturated heterocycles. The maximum absolute atomic E-state index is 14.1. The molecule has 1 aromatic rings. The van der Waals surface area contributed by atoms with E-state index in [9.17, 15) is 18.8 Å². The number of likely N-dealkylation sites (tertiary alicyclic amines) is 1. The molecule has 3 aliphatic rings. The standard InChI is InChI=1S/C21H26FN3O3/c1-4-5-8-25-18(26)16-15(9-11(2)3)24-21(17(16)19(25)27)13-10-12(22)6-7-14(13)23-20(21)28/h6-7,10-11,15-17,24H,4-5,8-9H2,1-3H3,(H,23,28)/t15-,16+,17-,21+/m0/s1. The summed E-state index contributed by atoms with van der Waals surface area (Å²) >= 11 is 0. The molecule has 0 radical (unpaired) electrons. The number of unbranched alkanes of at least 4 members (excludes halogenated alkanes) is 1. The first-order valence-electron chi connectivity index (χ1n) is 10.1. The fraction of sp³-hybridized carbons (Fsp3) is 0.571. The summed E-state index contributed by atoms with van der Waals surface area (Å²) < 4.78 is 14.1. The van der Waals surface area contributed by atoms with Crippen molar-refractivity contribution in [3.8, 4) is 0 Å². The predicted octanol–water partition coefficient (Wildman–Crippen LogP) is 2.39. The first-order chi connectivity index (χ1) is 13.3. The molecule has 3 amide bonds. The minimum absolute atomic E-state index is 0.212. The van der Waals surface area contributed by atoms with Crippen LogP contribution in [0.5, 0.6) is 0 Å². The number of fused-ring (bicyclic) bond motifs is 4. The molecule has 3 aliphatic heterocycles. The number of imide groups is 1. The van der Waals surface area contributed by atoms with E-state index in [0.29, 0.717) is 24.2 Å². The van der Waals surface area contributed by atoms with Crippen LogP contribution in [-0.4, -0.2) is 35.2 Å². The summed E-state index contributed by atoms with van der Waals surface area (Å²) in [5.74, 6) is -2.56. The zero-order chi connectivity index (χ0) is 20.2. The molecule has 0 bridgehead atoms. The number of nitrogens with one attached hydrogen (secondary N) is 2. The second-order valence-electron chi connectivity index (χ2n) is 8.52. The highest BCUT2D eigenvalue weighted by Crippen LogP contribution is 2.53. The lowest BCUT2D eigenvalue weighted by molar-refractivity contribution is -0.142. The summed E-state index contributed by atoms with van der Waals surface area (Å²) in [7, 11) is 0. The van der Waals surface area contributed by atoms with Gasteiger partial charge in [0.2, 0.25) is 17.7 Å². The maximum atomic E-state index is 14.1. The van der Waals surface area contributed by atoms with Gasteiger partial charge < -0.3 is 5.32 Å². The highest BCUT2D eigenvalue weighted by molar-refractivity contribution is 6.15. The van der Waals surface area contributed by atoms with Crippen molar-refractivity contribution in [1.29, 1.82) is 0 Å². The van der Waals surface area contributed by atoms with E-state index < -0.39 is 23.2 Å². The molecule has 150 valence electrons. The number of rotatable bonds is 5. The van der Waals surface area contributed by atoms with Gasteiger partial charge in [-0.15, -0.1) is 0 Å². The Bertz CT molecular complexity index is 855. The zero-order valence-electron chi connectivity index (χ0n) is 16.4. The number of amides is 3. The van der Waals surface area contributed by atoms with Crippen LogP contribution >= 0.6 is 0 Å². The maximum Gasteiger partial charge on any atom is 0.250 e. The largest absolute Gasteiger partial charge is 0.324 e. The monoisotopic (exact) mass is 387 g/mol. The lowest BCUT2D eigenvalue weighted by Crippen LogP contribution is -2.53. The molecular weight excluding hydrogens is 361 g/mol. The van der Waals surface area contributed by atoms with Crippen LogP contribution in [-0.2, 0) is 19.9 Å². The second kappa shape index (κ2) is 6.65. The van der Waals surface area contributed by atoms with Gasteiger partial charge in [-0.2, -0.15) is 0 Å². The van der Waals surface area contributed by atoms with Gasteiger partial charge in [0.05, 0.1) is 11.8 Å². The second-order valence-corrected chi connectivity index (χ2v) is 8.52. The molecular formula is C21H26FN3O3. The van der Waals surface area contributed by atoms with Crippen LogP contribution in [0.2, 0.25) is 0 Å². The summed E-state index contributed by atoms with van der Waals surface area (Å²) in [4.78, 5) is 41.0. The first kappa shape index (κ1) is 19.1. The van der Waals surface area contributed by atoms with Crippen molar-refractivity contribution in [3.63, 3.8) is 0 Å². The average molecular weight is 387 g/mol. The Morgan fingerprint density at radius 1 is 1.21 bits per heavy atom. The number of hydrogen-bond donors (Lipinski definition) is 2. The fourth-order valence-corrected chi connectivity index (χ4v) is 5.08. The third-order valence-electron chi connectivity index (χ3n) is 6.23. The Morgan fingerprint density at radius 2 is 1.96 bits per heavy atom. The number of halogens is 1. The number of nitrogens with zero attached hydrogens (tertiary/aromatic N) is 1. The van der Waals surface area contributed by atoms with E-state index in [1.807, 2.05) is 20.8 Å². The third kappa shape index (κ3) is 2.52. The van der Waals surface area contributed by atoms with E-state index in [1.54, 1.807) is 0 Å². The summed E-state index contributed by atoms with van der Waals surface area (Å²) in [6.45, 7) is 6.45. The Hall–Kier alpha value is -2.28. The zero-order valence-corrected chi connectivity index (χ0v) is 16.4. The van der Waals surface area contributed by atoms with Crippen LogP contribution in [0.15, 0.2) is 18.2 Å². The molecule has 4 rings (SSSR count). The molecule has 7 heteroatoms.